The first-order valence-corrected chi connectivity index (χ1v) is 32.4. The molecule has 0 saturated carbocycles. The SMILES string of the molecule is Cc1c(N)nc(C(CC(N)=O)NCC(N)C(N)=O)nc1C(=O)NC(C(=O)NC(C)C(O)C(C)C(=O)NC(C(=O)NCCC1=NC(c2nc(C(=O)NCCCCN=C(N)N)cs2)CS1)C(C)O)C(O[C@@H]1O[C@@H](CO)[C@@H](O)[C@H](O)[C@@H]1O[C@H]1O[C@H](C[O-])[C@@H]([O-])[C@H](OC(N)=O)[C@@H]1O)c1cnc[nH]1.Cl.[Cu+2]. The van der Waals surface area contributed by atoms with E-state index in [1.807, 2.05) is 0 Å². The van der Waals surface area contributed by atoms with Gasteiger partial charge in [-0.05, 0) is 33.6 Å². The smallest absolute Gasteiger partial charge is 0.853 e. The molecule has 0 spiro atoms. The third-order valence-corrected chi connectivity index (χ3v) is 17.7. The number of nitrogens with one attached hydrogen (secondary N) is 7. The van der Waals surface area contributed by atoms with Crippen LogP contribution >= 0.6 is 35.5 Å². The average molecular weight is 1530 g/mol. The molecule has 0 aromatic carbocycles. The molecule has 2 saturated heterocycles. The zero-order valence-electron chi connectivity index (χ0n) is 54.1. The maximum atomic E-state index is 15.2. The summed E-state index contributed by atoms with van der Waals surface area (Å²) in [5, 5.41) is 111. The van der Waals surface area contributed by atoms with Gasteiger partial charge in [0.25, 0.3) is 11.8 Å². The van der Waals surface area contributed by atoms with Crippen molar-refractivity contribution < 1.29 is 120 Å². The molecule has 3 aromatic rings. The number of H-pyrrole nitrogens is 1. The van der Waals surface area contributed by atoms with Crippen LogP contribution in [0.2, 0.25) is 0 Å². The van der Waals surface area contributed by atoms with E-state index in [-0.39, 0.29) is 95.5 Å². The number of hydrogen-bond donors (Lipinski definition) is 20. The van der Waals surface area contributed by atoms with Crippen LogP contribution < -0.4 is 82.2 Å². The van der Waals surface area contributed by atoms with Crippen LogP contribution in [0, 0.1) is 12.8 Å². The monoisotopic (exact) mass is 1520 g/mol. The van der Waals surface area contributed by atoms with Gasteiger partial charge in [0.05, 0.1) is 66.1 Å². The second-order valence-electron chi connectivity index (χ2n) is 23.0. The van der Waals surface area contributed by atoms with Crippen molar-refractivity contribution >= 4 is 99.8 Å². The number of nitrogens with zero attached hydrogens (tertiary/aromatic N) is 6. The number of thioether (sulfide) groups is 1. The quantitative estimate of drug-likeness (QED) is 0.0111. The number of aromatic amines is 1. The van der Waals surface area contributed by atoms with Gasteiger partial charge in [0.15, 0.2) is 18.5 Å². The molecule has 20 atom stereocenters. The van der Waals surface area contributed by atoms with Crippen molar-refractivity contribution in [1.29, 1.82) is 0 Å². The fraction of sp³-hybridized carbons (Fsp3) is 0.636. The Morgan fingerprint density at radius 3 is 2.18 bits per heavy atom. The molecule has 0 bridgehead atoms. The number of hydrogen-bond acceptors (Lipinski definition) is 32. The second-order valence-corrected chi connectivity index (χ2v) is 25.0. The summed E-state index contributed by atoms with van der Waals surface area (Å²) in [5.41, 5.74) is 38.1. The minimum atomic E-state index is -2.27. The van der Waals surface area contributed by atoms with E-state index in [1.54, 1.807) is 5.38 Å². The summed E-state index contributed by atoms with van der Waals surface area (Å²) in [6, 6.07) is -8.28. The van der Waals surface area contributed by atoms with Crippen LogP contribution in [0.1, 0.15) is 108 Å². The number of nitrogen functional groups attached to an aromatic ring is 1. The fourth-order valence-electron chi connectivity index (χ4n) is 10.1. The predicted octanol–water partition coefficient (Wildman–Crippen LogP) is -9.85. The van der Waals surface area contributed by atoms with Crippen LogP contribution in [0.25, 0.3) is 0 Å². The first-order valence-electron chi connectivity index (χ1n) is 30.6. The number of guanidine groups is 1. The van der Waals surface area contributed by atoms with Crippen molar-refractivity contribution in [3.8, 4) is 0 Å². The Morgan fingerprint density at radius 1 is 0.860 bits per heavy atom. The van der Waals surface area contributed by atoms with Crippen molar-refractivity contribution in [1.82, 2.24) is 56.8 Å². The van der Waals surface area contributed by atoms with Gasteiger partial charge in [0.2, 0.25) is 29.5 Å². The molecule has 561 valence electrons. The molecule has 27 N–H and O–H groups in total. The summed E-state index contributed by atoms with van der Waals surface area (Å²) >= 11 is 2.68. The summed E-state index contributed by atoms with van der Waals surface area (Å²) in [7, 11) is 0. The van der Waals surface area contributed by atoms with Gasteiger partial charge < -0.3 is 142 Å². The minimum absolute atomic E-state index is 0. The van der Waals surface area contributed by atoms with E-state index in [2.05, 4.69) is 61.8 Å². The Morgan fingerprint density at radius 2 is 1.56 bits per heavy atom. The molecule has 41 nitrogen and oxygen atoms in total. The van der Waals surface area contributed by atoms with Gasteiger partial charge in [-0.2, -0.15) is 0 Å². The molecule has 3 aromatic heterocycles. The average Bonchev–Trinajstić information content (AvgIpc) is 0.920. The van der Waals surface area contributed by atoms with Crippen molar-refractivity contribution in [3.05, 3.63) is 51.4 Å². The number of aliphatic hydroxyl groups excluding tert-OH is 6. The van der Waals surface area contributed by atoms with E-state index in [9.17, 15) is 74.4 Å². The van der Waals surface area contributed by atoms with Crippen LogP contribution in [0.4, 0.5) is 10.6 Å². The molecular formula is C55H85ClCuN20O21S2. The van der Waals surface area contributed by atoms with E-state index in [0.29, 0.717) is 41.7 Å². The Kier molecular flexibility index (Phi) is 34.0. The number of imidazole rings is 1. The molecule has 1 radical (unpaired) electrons. The van der Waals surface area contributed by atoms with Crippen LogP contribution in [0.5, 0.6) is 0 Å². The van der Waals surface area contributed by atoms with Gasteiger partial charge >= 0.3 is 23.2 Å². The maximum absolute atomic E-state index is 15.2. The summed E-state index contributed by atoms with van der Waals surface area (Å²) < 4.78 is 28.4. The van der Waals surface area contributed by atoms with Gasteiger partial charge in [-0.1, -0.05) is 13.0 Å². The van der Waals surface area contributed by atoms with Crippen molar-refractivity contribution in [2.24, 2.45) is 50.3 Å². The summed E-state index contributed by atoms with van der Waals surface area (Å²) in [6.45, 7) is 3.10. The molecule has 100 heavy (non-hydrogen) atoms. The number of carbonyl (C=O) groups is 8. The standard InChI is InChI=1S/C55H84N20O21S2.ClH.Cu/c1-19-32(72-45(75-43(19)58)24(11-30(57)79)67-12-23(56)44(59)85)49(89)74-34(40(25-13-63-18-68-25)94-53-42(38(83)36(81)28(14-76)93-53)95-52-39(84)41(96-55(62)91)37(82)29(15-77)92-52)50(90)69-21(3)35(80)20(2)46(86)73-33(22(4)78)48(88)65-10-7-31-70-27(17-97-31)51-71-26(16-98-51)47(87)64-8-5-6-9-66-54(60)61;;/h13,16,18,20-24,27-29,33-42,52-53,67,76,78,80-81,83-84H,5-12,14-15,17,56H2,1-4H3,(H2,57,79)(H2,59,85)(H2,62,91)(H,63,68)(H,64,87)(H,65,88)(H,69,90)(H,73,86)(H,74,89)(H2,58,72,75)(H4,60,61,66);1H;/q-2;;+2/t20?,21?,22?,23?,24?,27?,28-,29+,33?,34?,35?,36+,37+,38-,39-,40?,41-,42-,52+,53-;;/m0../s1. The van der Waals surface area contributed by atoms with E-state index in [0.717, 1.165) is 12.5 Å². The molecule has 6 heterocycles. The summed E-state index contributed by atoms with van der Waals surface area (Å²) in [5.74, 6) is -8.34. The van der Waals surface area contributed by atoms with Crippen LogP contribution in [-0.4, -0.2) is 257 Å². The van der Waals surface area contributed by atoms with Crippen molar-refractivity contribution in [2.45, 2.75) is 169 Å². The zero-order chi connectivity index (χ0) is 72.4. The number of rotatable bonds is 36. The number of aliphatic imine (C=N–C) groups is 2. The predicted molar refractivity (Wildman–Crippen MR) is 345 cm³/mol. The Balaban J connectivity index is 0.0000106. The summed E-state index contributed by atoms with van der Waals surface area (Å²) in [6.07, 6.45) is -24.9. The minimum Gasteiger partial charge on any atom is -0.853 e. The number of thiazole rings is 1. The number of amides is 8. The molecular weight excluding hydrogens is 1440 g/mol. The van der Waals surface area contributed by atoms with Crippen LogP contribution in [0.15, 0.2) is 27.9 Å². The van der Waals surface area contributed by atoms with E-state index < -0.39 is 183 Å². The van der Waals surface area contributed by atoms with E-state index in [4.69, 9.17) is 68.8 Å². The first-order chi connectivity index (χ1) is 46.3. The van der Waals surface area contributed by atoms with E-state index in [1.165, 1.54) is 50.8 Å². The van der Waals surface area contributed by atoms with Crippen LogP contribution in [-0.2, 0) is 64.7 Å². The molecule has 45 heteroatoms. The van der Waals surface area contributed by atoms with Crippen molar-refractivity contribution in [2.75, 3.05) is 50.9 Å². The third-order valence-electron chi connectivity index (χ3n) is 15.6. The molecule has 2 fully saturated rings. The van der Waals surface area contributed by atoms with Gasteiger partial charge in [0.1, 0.15) is 88.9 Å². The van der Waals surface area contributed by atoms with Gasteiger partial charge in [-0.15, -0.1) is 42.1 Å². The normalized spacial score (nSPS) is 24.6. The zero-order valence-corrected chi connectivity index (χ0v) is 57.5. The third kappa shape index (κ3) is 23.2. The molecule has 3 aliphatic rings. The molecule has 6 rings (SSSR count). The number of nitrogens with two attached hydrogens (primary N) is 7. The van der Waals surface area contributed by atoms with Gasteiger partial charge in [-0.3, -0.25) is 43.5 Å². The second kappa shape index (κ2) is 39.9. The van der Waals surface area contributed by atoms with Crippen LogP contribution in [0.3, 0.4) is 0 Å². The Bertz CT molecular complexity index is 3300. The number of primary amides is 3. The number of carbonyl (C=O) groups excluding carboxylic acids is 8. The van der Waals surface area contributed by atoms with E-state index >= 15 is 4.79 Å². The number of unbranched alkanes of at least 4 members (excludes halogenated alkanes) is 1. The van der Waals surface area contributed by atoms with Gasteiger partial charge in [-0.25, -0.2) is 24.7 Å². The number of aromatic nitrogens is 5. The number of aliphatic hydroxyl groups is 6. The Hall–Kier alpha value is -7.18. The van der Waals surface area contributed by atoms with Crippen molar-refractivity contribution in [3.63, 3.8) is 0 Å². The first kappa shape index (κ1) is 85.2. The fourth-order valence-corrected chi connectivity index (χ4v) is 12.0. The topological polar surface area (TPSA) is 697 Å². The molecule has 3 aliphatic heterocycles. The number of ether oxygens (including phenoxy) is 5. The molecule has 10 unspecified atom stereocenters. The number of anilines is 1. The maximum Gasteiger partial charge on any atom is 2.00 e. The Labute approximate surface area is 595 Å². The molecule has 0 aliphatic carbocycles. The number of halogens is 1. The summed E-state index contributed by atoms with van der Waals surface area (Å²) in [4.78, 5) is 135. The van der Waals surface area contributed by atoms with Gasteiger partial charge in [0, 0.05) is 61.8 Å². The molecule has 8 amide bonds. The largest absolute Gasteiger partial charge is 2.00 e.